The fourth-order valence-corrected chi connectivity index (χ4v) is 1.89. The minimum Gasteiger partial charge on any atom is -0.480 e. The molecule has 2 N–H and O–H groups in total. The molecule has 7 nitrogen and oxygen atoms in total. The third-order valence-electron chi connectivity index (χ3n) is 2.52. The monoisotopic (exact) mass is 338 g/mol. The number of carbonyl (C=O) groups is 2. The van der Waals surface area contributed by atoms with Crippen molar-refractivity contribution in [2.45, 2.75) is 13.5 Å². The van der Waals surface area contributed by atoms with E-state index in [1.165, 1.54) is 6.20 Å². The van der Waals surface area contributed by atoms with E-state index in [2.05, 4.69) is 31.6 Å². The van der Waals surface area contributed by atoms with Gasteiger partial charge in [-0.25, -0.2) is 4.68 Å². The van der Waals surface area contributed by atoms with E-state index in [1.807, 2.05) is 19.1 Å². The molecule has 0 unspecified atom stereocenters. The predicted octanol–water partition coefficient (Wildman–Crippen LogP) is 1.69. The van der Waals surface area contributed by atoms with Crippen LogP contribution in [0.3, 0.4) is 0 Å². The van der Waals surface area contributed by atoms with E-state index < -0.39 is 11.9 Å². The average Bonchev–Trinajstić information content (AvgIpc) is 2.81. The van der Waals surface area contributed by atoms with Gasteiger partial charge < -0.3 is 10.4 Å². The molecule has 1 amide bonds. The summed E-state index contributed by atoms with van der Waals surface area (Å²) in [4.78, 5) is 22.5. The molecular weight excluding hydrogens is 328 g/mol. The Bertz CT molecular complexity index is 668. The molecule has 0 atom stereocenters. The first-order valence-corrected chi connectivity index (χ1v) is 6.44. The van der Waals surface area contributed by atoms with Crippen molar-refractivity contribution in [2.75, 3.05) is 5.32 Å². The first-order valence-electron chi connectivity index (χ1n) is 5.65. The van der Waals surface area contributed by atoms with E-state index in [4.69, 9.17) is 5.11 Å². The number of amides is 1. The summed E-state index contributed by atoms with van der Waals surface area (Å²) >= 11 is 3.33. The number of aromatic nitrogens is 3. The molecule has 1 aromatic heterocycles. The molecule has 1 aromatic carbocycles. The summed E-state index contributed by atoms with van der Waals surface area (Å²) in [5, 5.41) is 18.5. The Balaban J connectivity index is 2.13. The first kappa shape index (κ1) is 14.2. The number of carbonyl (C=O) groups excluding carboxylic acids is 1. The summed E-state index contributed by atoms with van der Waals surface area (Å²) in [6, 6.07) is 5.50. The van der Waals surface area contributed by atoms with Gasteiger partial charge in [0.1, 0.15) is 6.54 Å². The summed E-state index contributed by atoms with van der Waals surface area (Å²) in [6.07, 6.45) is 1.29. The maximum absolute atomic E-state index is 12.0. The quantitative estimate of drug-likeness (QED) is 0.883. The van der Waals surface area contributed by atoms with Crippen LogP contribution < -0.4 is 5.32 Å². The molecule has 0 bridgehead atoms. The highest BCUT2D eigenvalue weighted by atomic mass is 79.9. The van der Waals surface area contributed by atoms with Crippen molar-refractivity contribution in [1.29, 1.82) is 0 Å². The van der Waals surface area contributed by atoms with Gasteiger partial charge in [0.25, 0.3) is 5.91 Å². The maximum Gasteiger partial charge on any atom is 0.325 e. The van der Waals surface area contributed by atoms with Gasteiger partial charge in [0.15, 0.2) is 5.69 Å². The standard InChI is InChI=1S/C12H11BrN4O3/c1-7-2-3-8(13)4-9(7)14-12(20)10-5-17(16-15-10)6-11(18)19/h2-5H,6H2,1H3,(H,14,20)(H,18,19). The number of hydrogen-bond donors (Lipinski definition) is 2. The fraction of sp³-hybridized carbons (Fsp3) is 0.167. The summed E-state index contributed by atoms with van der Waals surface area (Å²) in [6.45, 7) is 1.53. The van der Waals surface area contributed by atoms with Gasteiger partial charge >= 0.3 is 5.97 Å². The first-order chi connectivity index (χ1) is 9.45. The molecule has 0 aliphatic rings. The Morgan fingerprint density at radius 2 is 2.20 bits per heavy atom. The van der Waals surface area contributed by atoms with Gasteiger partial charge in [0, 0.05) is 10.2 Å². The number of carboxylic acids is 1. The van der Waals surface area contributed by atoms with E-state index in [0.29, 0.717) is 5.69 Å². The van der Waals surface area contributed by atoms with Crippen LogP contribution in [0.4, 0.5) is 5.69 Å². The zero-order valence-corrected chi connectivity index (χ0v) is 12.1. The topological polar surface area (TPSA) is 97.1 Å². The Morgan fingerprint density at radius 1 is 1.45 bits per heavy atom. The number of aryl methyl sites for hydroxylation is 1. The van der Waals surface area contributed by atoms with Crippen molar-refractivity contribution in [2.24, 2.45) is 0 Å². The van der Waals surface area contributed by atoms with E-state index in [9.17, 15) is 9.59 Å². The van der Waals surface area contributed by atoms with Crippen molar-refractivity contribution in [3.05, 3.63) is 40.1 Å². The highest BCUT2D eigenvalue weighted by molar-refractivity contribution is 9.10. The number of carboxylic acid groups (broad SMARTS) is 1. The van der Waals surface area contributed by atoms with Gasteiger partial charge in [-0.2, -0.15) is 0 Å². The number of hydrogen-bond acceptors (Lipinski definition) is 4. The van der Waals surface area contributed by atoms with Crippen LogP contribution in [0.2, 0.25) is 0 Å². The molecule has 1 heterocycles. The molecule has 0 saturated carbocycles. The van der Waals surface area contributed by atoms with Gasteiger partial charge in [-0.05, 0) is 24.6 Å². The number of halogens is 1. The second kappa shape index (κ2) is 5.83. The summed E-state index contributed by atoms with van der Waals surface area (Å²) in [5.41, 5.74) is 1.61. The second-order valence-electron chi connectivity index (χ2n) is 4.11. The number of rotatable bonds is 4. The smallest absolute Gasteiger partial charge is 0.325 e. The highest BCUT2D eigenvalue weighted by Crippen LogP contribution is 2.21. The SMILES string of the molecule is Cc1ccc(Br)cc1NC(=O)c1cn(CC(=O)O)nn1. The van der Waals surface area contributed by atoms with Crippen LogP contribution in [0, 0.1) is 6.92 Å². The van der Waals surface area contributed by atoms with Crippen LogP contribution in [0.5, 0.6) is 0 Å². The maximum atomic E-state index is 12.0. The Kier molecular flexibility index (Phi) is 4.14. The average molecular weight is 339 g/mol. The molecule has 2 rings (SSSR count). The van der Waals surface area contributed by atoms with Crippen LogP contribution in [0.25, 0.3) is 0 Å². The zero-order chi connectivity index (χ0) is 14.7. The van der Waals surface area contributed by atoms with E-state index in [1.54, 1.807) is 6.07 Å². The molecule has 0 saturated heterocycles. The lowest BCUT2D eigenvalue weighted by Crippen LogP contribution is -2.13. The molecule has 2 aromatic rings. The molecule has 104 valence electrons. The fourth-order valence-electron chi connectivity index (χ4n) is 1.53. The normalized spacial score (nSPS) is 10.3. The van der Waals surface area contributed by atoms with Crippen molar-refractivity contribution >= 4 is 33.5 Å². The minimum atomic E-state index is -1.05. The van der Waals surface area contributed by atoms with Crippen molar-refractivity contribution in [3.8, 4) is 0 Å². The third kappa shape index (κ3) is 3.41. The minimum absolute atomic E-state index is 0.0608. The predicted molar refractivity (Wildman–Crippen MR) is 74.5 cm³/mol. The lowest BCUT2D eigenvalue weighted by atomic mass is 10.2. The lowest BCUT2D eigenvalue weighted by Gasteiger charge is -2.07. The van der Waals surface area contributed by atoms with Crippen molar-refractivity contribution in [3.63, 3.8) is 0 Å². The summed E-state index contributed by atoms with van der Waals surface area (Å²) < 4.78 is 1.93. The molecule has 0 fully saturated rings. The van der Waals surface area contributed by atoms with Crippen molar-refractivity contribution in [1.82, 2.24) is 15.0 Å². The molecule has 0 radical (unpaired) electrons. The summed E-state index contributed by atoms with van der Waals surface area (Å²) in [7, 11) is 0. The van der Waals surface area contributed by atoms with Crippen LogP contribution in [-0.4, -0.2) is 32.0 Å². The third-order valence-corrected chi connectivity index (χ3v) is 3.01. The van der Waals surface area contributed by atoms with E-state index in [0.717, 1.165) is 14.7 Å². The van der Waals surface area contributed by atoms with Crippen LogP contribution in [-0.2, 0) is 11.3 Å². The number of benzene rings is 1. The van der Waals surface area contributed by atoms with E-state index in [-0.39, 0.29) is 12.2 Å². The summed E-state index contributed by atoms with van der Waals surface area (Å²) in [5.74, 6) is -1.49. The number of nitrogens with one attached hydrogen (secondary N) is 1. The lowest BCUT2D eigenvalue weighted by molar-refractivity contribution is -0.137. The molecule has 8 heteroatoms. The van der Waals surface area contributed by atoms with Crippen LogP contribution in [0.15, 0.2) is 28.9 Å². The largest absolute Gasteiger partial charge is 0.480 e. The van der Waals surface area contributed by atoms with Crippen LogP contribution >= 0.6 is 15.9 Å². The van der Waals surface area contributed by atoms with Gasteiger partial charge in [0.05, 0.1) is 6.20 Å². The zero-order valence-electron chi connectivity index (χ0n) is 10.5. The number of aliphatic carboxylic acids is 1. The molecule has 0 spiro atoms. The van der Waals surface area contributed by atoms with Gasteiger partial charge in [-0.3, -0.25) is 9.59 Å². The number of nitrogens with zero attached hydrogens (tertiary/aromatic N) is 3. The Labute approximate surface area is 122 Å². The second-order valence-corrected chi connectivity index (χ2v) is 5.02. The van der Waals surface area contributed by atoms with Gasteiger partial charge in [-0.1, -0.05) is 27.2 Å². The Hall–Kier alpha value is -2.22. The molecule has 0 aliphatic carbocycles. The number of anilines is 1. The molecular formula is C12H11BrN4O3. The van der Waals surface area contributed by atoms with Gasteiger partial charge in [0.2, 0.25) is 0 Å². The molecule has 20 heavy (non-hydrogen) atoms. The highest BCUT2D eigenvalue weighted by Gasteiger charge is 2.13. The van der Waals surface area contributed by atoms with Gasteiger partial charge in [-0.15, -0.1) is 5.10 Å². The van der Waals surface area contributed by atoms with Crippen LogP contribution in [0.1, 0.15) is 16.1 Å². The van der Waals surface area contributed by atoms with E-state index >= 15 is 0 Å². The molecule has 0 aliphatic heterocycles. The van der Waals surface area contributed by atoms with Crippen molar-refractivity contribution < 1.29 is 14.7 Å². The Morgan fingerprint density at radius 3 is 2.90 bits per heavy atom.